The summed E-state index contributed by atoms with van der Waals surface area (Å²) in [6.45, 7) is 3.78. The Bertz CT molecular complexity index is 993. The Morgan fingerprint density at radius 1 is 1.06 bits per heavy atom. The van der Waals surface area contributed by atoms with E-state index in [-0.39, 0.29) is 12.2 Å². The molecule has 1 unspecified atom stereocenters. The SMILES string of the molecule is CCCC/C=C/c1cccc2c1OC(CC)CN2C(=O)c1c(F)c(F)c(F)c(F)c1F. The molecule has 1 atom stereocenters. The van der Waals surface area contributed by atoms with Crippen LogP contribution in [0.5, 0.6) is 5.75 Å². The topological polar surface area (TPSA) is 29.5 Å². The van der Waals surface area contributed by atoms with Gasteiger partial charge in [0, 0.05) is 5.56 Å². The van der Waals surface area contributed by atoms with Gasteiger partial charge in [-0.25, -0.2) is 22.0 Å². The fourth-order valence-electron chi connectivity index (χ4n) is 3.38. The normalized spacial score (nSPS) is 15.8. The van der Waals surface area contributed by atoms with E-state index in [1.807, 2.05) is 12.2 Å². The van der Waals surface area contributed by atoms with E-state index in [4.69, 9.17) is 4.74 Å². The lowest BCUT2D eigenvalue weighted by Crippen LogP contribution is -2.44. The molecule has 166 valence electrons. The molecule has 0 fully saturated rings. The van der Waals surface area contributed by atoms with Crippen LogP contribution in [-0.4, -0.2) is 18.6 Å². The van der Waals surface area contributed by atoms with Crippen LogP contribution in [0, 0.1) is 29.1 Å². The first kappa shape index (κ1) is 22.8. The van der Waals surface area contributed by atoms with Gasteiger partial charge in [-0.3, -0.25) is 4.79 Å². The first-order valence-corrected chi connectivity index (χ1v) is 10.1. The molecule has 0 radical (unpaired) electrons. The molecule has 0 N–H and O–H groups in total. The number of ether oxygens (including phenoxy) is 1. The Kier molecular flexibility index (Phi) is 6.97. The van der Waals surface area contributed by atoms with Crippen molar-refractivity contribution in [2.45, 2.75) is 45.6 Å². The Labute approximate surface area is 177 Å². The van der Waals surface area contributed by atoms with Gasteiger partial charge < -0.3 is 9.64 Å². The smallest absolute Gasteiger partial charge is 0.264 e. The van der Waals surface area contributed by atoms with E-state index in [1.54, 1.807) is 19.1 Å². The molecule has 2 aromatic carbocycles. The summed E-state index contributed by atoms with van der Waals surface area (Å²) in [5.41, 5.74) is -0.624. The molecule has 0 aliphatic carbocycles. The number of carbonyl (C=O) groups excluding carboxylic acids is 1. The molecule has 31 heavy (non-hydrogen) atoms. The second kappa shape index (κ2) is 9.49. The first-order chi connectivity index (χ1) is 14.8. The molecule has 0 saturated carbocycles. The molecule has 1 aliphatic rings. The van der Waals surface area contributed by atoms with Crippen molar-refractivity contribution in [3.63, 3.8) is 0 Å². The van der Waals surface area contributed by atoms with Gasteiger partial charge in [-0.2, -0.15) is 0 Å². The van der Waals surface area contributed by atoms with E-state index >= 15 is 0 Å². The molecule has 2 aromatic rings. The second-order valence-electron chi connectivity index (χ2n) is 7.25. The largest absolute Gasteiger partial charge is 0.486 e. The molecule has 1 heterocycles. The standard InChI is InChI=1S/C23H22F5NO2/c1-3-5-6-7-9-13-10-8-11-15-22(13)31-14(4-2)12-29(15)23(30)16-17(24)19(26)21(28)20(27)18(16)25/h7-11,14H,3-6,12H2,1-2H3/b9-7+. The van der Waals surface area contributed by atoms with Gasteiger partial charge in [0.15, 0.2) is 29.0 Å². The molecule has 3 rings (SSSR count). The summed E-state index contributed by atoms with van der Waals surface area (Å²) < 4.78 is 75.3. The summed E-state index contributed by atoms with van der Waals surface area (Å²) in [5.74, 6) is -11.9. The summed E-state index contributed by atoms with van der Waals surface area (Å²) in [5, 5.41) is 0. The van der Waals surface area contributed by atoms with E-state index in [1.165, 1.54) is 6.07 Å². The number of nitrogens with zero attached hydrogens (tertiary/aromatic N) is 1. The number of carbonyl (C=O) groups is 1. The van der Waals surface area contributed by atoms with Gasteiger partial charge in [-0.15, -0.1) is 0 Å². The molecule has 8 heteroatoms. The molecule has 0 spiro atoms. The lowest BCUT2D eigenvalue weighted by molar-refractivity contribution is 0.0943. The van der Waals surface area contributed by atoms with Crippen LogP contribution in [0.3, 0.4) is 0 Å². The van der Waals surface area contributed by atoms with Crippen LogP contribution in [0.1, 0.15) is 55.5 Å². The number of allylic oxidation sites excluding steroid dienone is 1. The van der Waals surface area contributed by atoms with Crippen LogP contribution < -0.4 is 9.64 Å². The maximum absolute atomic E-state index is 14.3. The van der Waals surface area contributed by atoms with Crippen molar-refractivity contribution in [2.75, 3.05) is 11.4 Å². The minimum absolute atomic E-state index is 0.0924. The fraction of sp³-hybridized carbons (Fsp3) is 0.348. The number of rotatable bonds is 6. The zero-order chi connectivity index (χ0) is 22.7. The fourth-order valence-corrected chi connectivity index (χ4v) is 3.38. The van der Waals surface area contributed by atoms with Crippen molar-refractivity contribution in [2.24, 2.45) is 0 Å². The van der Waals surface area contributed by atoms with Crippen molar-refractivity contribution in [1.29, 1.82) is 0 Å². The number of hydrogen-bond donors (Lipinski definition) is 0. The molecular formula is C23H22F5NO2. The quantitative estimate of drug-likeness (QED) is 0.226. The van der Waals surface area contributed by atoms with Crippen LogP contribution in [0.15, 0.2) is 24.3 Å². The highest BCUT2D eigenvalue weighted by Gasteiger charge is 2.36. The molecule has 0 saturated heterocycles. The second-order valence-corrected chi connectivity index (χ2v) is 7.25. The molecule has 3 nitrogen and oxygen atoms in total. The Balaban J connectivity index is 2.08. The van der Waals surface area contributed by atoms with Gasteiger partial charge in [0.05, 0.1) is 12.2 Å². The van der Waals surface area contributed by atoms with Gasteiger partial charge >= 0.3 is 0 Å². The maximum Gasteiger partial charge on any atom is 0.264 e. The maximum atomic E-state index is 14.3. The zero-order valence-corrected chi connectivity index (χ0v) is 17.2. The van der Waals surface area contributed by atoms with Gasteiger partial charge in [-0.1, -0.05) is 51.0 Å². The predicted molar refractivity (Wildman–Crippen MR) is 108 cm³/mol. The monoisotopic (exact) mass is 439 g/mol. The summed E-state index contributed by atoms with van der Waals surface area (Å²) in [6, 6.07) is 4.90. The minimum atomic E-state index is -2.31. The Morgan fingerprint density at radius 2 is 1.71 bits per heavy atom. The van der Waals surface area contributed by atoms with Crippen molar-refractivity contribution in [1.82, 2.24) is 0 Å². The molecular weight excluding hydrogens is 417 g/mol. The van der Waals surface area contributed by atoms with Gasteiger partial charge in [0.2, 0.25) is 5.82 Å². The highest BCUT2D eigenvalue weighted by molar-refractivity contribution is 6.08. The number of hydrogen-bond acceptors (Lipinski definition) is 2. The zero-order valence-electron chi connectivity index (χ0n) is 17.2. The summed E-state index contributed by atoms with van der Waals surface area (Å²) in [6.07, 6.45) is 6.59. The first-order valence-electron chi connectivity index (χ1n) is 10.1. The van der Waals surface area contributed by atoms with Crippen molar-refractivity contribution in [3.8, 4) is 5.75 Å². The van der Waals surface area contributed by atoms with Crippen LogP contribution in [-0.2, 0) is 0 Å². The van der Waals surface area contributed by atoms with E-state index in [2.05, 4.69) is 6.92 Å². The van der Waals surface area contributed by atoms with Crippen LogP contribution >= 0.6 is 0 Å². The number of fused-ring (bicyclic) bond motifs is 1. The van der Waals surface area contributed by atoms with E-state index in [0.29, 0.717) is 17.7 Å². The van der Waals surface area contributed by atoms with Gasteiger partial charge in [0.25, 0.3) is 5.91 Å². The third-order valence-corrected chi connectivity index (χ3v) is 5.13. The minimum Gasteiger partial charge on any atom is -0.486 e. The lowest BCUT2D eigenvalue weighted by Gasteiger charge is -2.35. The van der Waals surface area contributed by atoms with E-state index < -0.39 is 46.7 Å². The molecule has 1 aliphatic heterocycles. The molecule has 0 aromatic heterocycles. The third-order valence-electron chi connectivity index (χ3n) is 5.13. The molecule has 1 amide bonds. The third kappa shape index (κ3) is 4.29. The number of amides is 1. The van der Waals surface area contributed by atoms with Crippen LogP contribution in [0.2, 0.25) is 0 Å². The lowest BCUT2D eigenvalue weighted by atomic mass is 10.0. The highest BCUT2D eigenvalue weighted by atomic mass is 19.2. The van der Waals surface area contributed by atoms with E-state index in [9.17, 15) is 26.7 Å². The summed E-state index contributed by atoms with van der Waals surface area (Å²) in [7, 11) is 0. The Morgan fingerprint density at radius 3 is 2.32 bits per heavy atom. The number of benzene rings is 2. The highest BCUT2D eigenvalue weighted by Crippen LogP contribution is 2.39. The number of anilines is 1. The number of unbranched alkanes of at least 4 members (excludes halogenated alkanes) is 2. The average molecular weight is 439 g/mol. The Hall–Kier alpha value is -2.90. The predicted octanol–water partition coefficient (Wildman–Crippen LogP) is 6.40. The molecule has 0 bridgehead atoms. The van der Waals surface area contributed by atoms with Crippen LogP contribution in [0.4, 0.5) is 27.6 Å². The van der Waals surface area contributed by atoms with Crippen molar-refractivity contribution >= 4 is 17.7 Å². The van der Waals surface area contributed by atoms with Gasteiger partial charge in [-0.05, 0) is 18.9 Å². The summed E-state index contributed by atoms with van der Waals surface area (Å²) in [4.78, 5) is 14.0. The number of para-hydroxylation sites is 1. The van der Waals surface area contributed by atoms with Gasteiger partial charge in [0.1, 0.15) is 11.7 Å². The van der Waals surface area contributed by atoms with Crippen LogP contribution in [0.25, 0.3) is 6.08 Å². The van der Waals surface area contributed by atoms with Crippen molar-refractivity contribution < 1.29 is 31.5 Å². The van der Waals surface area contributed by atoms with E-state index in [0.717, 1.165) is 24.2 Å². The van der Waals surface area contributed by atoms with Crippen molar-refractivity contribution in [3.05, 3.63) is 64.5 Å². The number of halogens is 5. The summed E-state index contributed by atoms with van der Waals surface area (Å²) >= 11 is 0. The average Bonchev–Trinajstić information content (AvgIpc) is 2.78.